The van der Waals surface area contributed by atoms with Crippen molar-refractivity contribution in [2.24, 2.45) is 0 Å². The van der Waals surface area contributed by atoms with Gasteiger partial charge in [-0.3, -0.25) is 0 Å². The summed E-state index contributed by atoms with van der Waals surface area (Å²) < 4.78 is 19.8. The minimum atomic E-state index is -0.248. The summed E-state index contributed by atoms with van der Waals surface area (Å²) in [7, 11) is 1.79. The zero-order valence-electron chi connectivity index (χ0n) is 20.4. The molecule has 0 aromatic heterocycles. The molecule has 0 aliphatic carbocycles. The molecule has 3 rings (SSSR count). The van der Waals surface area contributed by atoms with Crippen LogP contribution in [-0.4, -0.2) is 27.2 Å². The summed E-state index contributed by atoms with van der Waals surface area (Å²) in [5.74, 6) is 0.628. The molecule has 178 valence electrons. The number of rotatable bonds is 3. The average Bonchev–Trinajstić information content (AvgIpc) is 2.85. The Bertz CT molecular complexity index is 946. The van der Waals surface area contributed by atoms with Gasteiger partial charge in [0, 0.05) is 24.7 Å². The minimum Gasteiger partial charge on any atom is -0.493 e. The predicted molar refractivity (Wildman–Crippen MR) is 138 cm³/mol. The van der Waals surface area contributed by atoms with Crippen LogP contribution < -0.4 is 10.1 Å². The van der Waals surface area contributed by atoms with Crippen LogP contribution in [-0.2, 0) is 9.59 Å². The van der Waals surface area contributed by atoms with Crippen LogP contribution in [0.2, 0.25) is 0 Å². The lowest BCUT2D eigenvalue weighted by Gasteiger charge is -2.20. The number of carbonyl (C=O) groups is 2. The fourth-order valence-corrected chi connectivity index (χ4v) is 3.18. The van der Waals surface area contributed by atoms with Gasteiger partial charge >= 0.3 is 0 Å². The van der Waals surface area contributed by atoms with Crippen LogP contribution in [0.25, 0.3) is 11.6 Å². The molecule has 4 nitrogen and oxygen atoms in total. The van der Waals surface area contributed by atoms with Gasteiger partial charge in [0.2, 0.25) is 0 Å². The predicted octanol–water partition coefficient (Wildman–Crippen LogP) is 7.13. The number of nitrogens with one attached hydrogen (secondary N) is 1. The molecule has 2 aromatic rings. The molecule has 0 saturated carbocycles. The van der Waals surface area contributed by atoms with Crippen LogP contribution in [0.4, 0.5) is 10.1 Å². The van der Waals surface area contributed by atoms with Crippen molar-refractivity contribution in [1.82, 2.24) is 0 Å². The first-order chi connectivity index (χ1) is 16.0. The Hall–Kier alpha value is -3.47. The lowest BCUT2D eigenvalue weighted by molar-refractivity contribution is -0.0987. The number of ether oxygens (including phenoxy) is 1. The van der Waals surface area contributed by atoms with E-state index in [1.807, 2.05) is 50.8 Å². The summed E-state index contributed by atoms with van der Waals surface area (Å²) in [6.45, 7) is 13.1. The van der Waals surface area contributed by atoms with E-state index in [-0.39, 0.29) is 5.82 Å². The first-order valence-corrected chi connectivity index (χ1v) is 10.8. The minimum absolute atomic E-state index is 0.248. The van der Waals surface area contributed by atoms with Crippen molar-refractivity contribution >= 4 is 30.9 Å². The summed E-state index contributed by atoms with van der Waals surface area (Å²) in [6.07, 6.45) is 8.27. The van der Waals surface area contributed by atoms with Crippen molar-refractivity contribution in [3.05, 3.63) is 82.7 Å². The highest BCUT2D eigenvalue weighted by molar-refractivity contribution is 5.93. The molecule has 33 heavy (non-hydrogen) atoms. The number of hydrogen-bond donors (Lipinski definition) is 1. The van der Waals surface area contributed by atoms with Gasteiger partial charge < -0.3 is 19.6 Å². The third kappa shape index (κ3) is 9.69. The normalized spacial score (nSPS) is 15.8. The van der Waals surface area contributed by atoms with Crippen molar-refractivity contribution in [1.29, 1.82) is 0 Å². The fraction of sp³-hybridized carbons (Fsp3) is 0.286. The first-order valence-electron chi connectivity index (χ1n) is 10.8. The van der Waals surface area contributed by atoms with E-state index in [4.69, 9.17) is 14.3 Å². The third-order valence-electron chi connectivity index (χ3n) is 4.95. The number of benzene rings is 2. The van der Waals surface area contributed by atoms with Gasteiger partial charge in [-0.25, -0.2) is 4.39 Å². The van der Waals surface area contributed by atoms with Crippen molar-refractivity contribution in [3.63, 3.8) is 0 Å². The van der Waals surface area contributed by atoms with Gasteiger partial charge in [0.05, 0.1) is 6.61 Å². The Kier molecular flexibility index (Phi) is 15.3. The van der Waals surface area contributed by atoms with E-state index >= 15 is 0 Å². The largest absolute Gasteiger partial charge is 0.493 e. The maximum Gasteiger partial charge on any atom is 0.127 e. The zero-order chi connectivity index (χ0) is 25.2. The van der Waals surface area contributed by atoms with Gasteiger partial charge in [0.25, 0.3) is 0 Å². The van der Waals surface area contributed by atoms with E-state index in [2.05, 4.69) is 44.3 Å². The molecule has 1 heterocycles. The number of fused-ring (bicyclic) bond motifs is 1. The van der Waals surface area contributed by atoms with Crippen LogP contribution in [0.1, 0.15) is 51.7 Å². The Morgan fingerprint density at radius 1 is 1.09 bits per heavy atom. The second-order valence-corrected chi connectivity index (χ2v) is 7.06. The molecule has 0 bridgehead atoms. The van der Waals surface area contributed by atoms with E-state index in [1.54, 1.807) is 13.1 Å². The number of hydrogen-bond acceptors (Lipinski definition) is 4. The topological polar surface area (TPSA) is 55.4 Å². The molecule has 0 radical (unpaired) electrons. The molecule has 5 heteroatoms. The van der Waals surface area contributed by atoms with Gasteiger partial charge in [0.15, 0.2) is 0 Å². The highest BCUT2D eigenvalue weighted by Gasteiger charge is 2.15. The van der Waals surface area contributed by atoms with Gasteiger partial charge in [-0.2, -0.15) is 0 Å². The summed E-state index contributed by atoms with van der Waals surface area (Å²) in [5, 5.41) is 3.00. The maximum absolute atomic E-state index is 13.9. The molecular formula is C28H36FNO3. The molecule has 0 amide bonds. The molecule has 2 aromatic carbocycles. The number of halogens is 1. The van der Waals surface area contributed by atoms with Crippen LogP contribution >= 0.6 is 0 Å². The number of carbonyl (C=O) groups excluding carboxylic acids is 2. The van der Waals surface area contributed by atoms with E-state index < -0.39 is 0 Å². The van der Waals surface area contributed by atoms with Crippen LogP contribution in [0, 0.1) is 5.82 Å². The molecular weight excluding hydrogens is 417 g/mol. The highest BCUT2D eigenvalue weighted by atomic mass is 19.1. The number of anilines is 1. The smallest absolute Gasteiger partial charge is 0.127 e. The van der Waals surface area contributed by atoms with Crippen molar-refractivity contribution in [2.45, 2.75) is 40.5 Å². The lowest BCUT2D eigenvalue weighted by atomic mass is 9.91. The van der Waals surface area contributed by atoms with Crippen molar-refractivity contribution in [3.8, 4) is 5.75 Å². The van der Waals surface area contributed by atoms with E-state index in [9.17, 15) is 4.39 Å². The molecule has 1 aliphatic rings. The van der Waals surface area contributed by atoms with Crippen LogP contribution in [0.15, 0.2) is 65.8 Å². The van der Waals surface area contributed by atoms with Gasteiger partial charge in [-0.15, -0.1) is 0 Å². The van der Waals surface area contributed by atoms with E-state index in [0.717, 1.165) is 41.0 Å². The van der Waals surface area contributed by atoms with Gasteiger partial charge in [0.1, 0.15) is 25.1 Å². The SMILES string of the molecule is C/C=C\CC.C=O.C=O.CNc1cc(F)cc(/C=C2\C(C)=C(\C)CCOc3ccccc32)c1. The first kappa shape index (κ1) is 29.5. The Labute approximate surface area is 197 Å². The van der Waals surface area contributed by atoms with Crippen molar-refractivity contribution < 1.29 is 18.7 Å². The monoisotopic (exact) mass is 453 g/mol. The molecule has 0 atom stereocenters. The van der Waals surface area contributed by atoms with Gasteiger partial charge in [-0.05, 0) is 74.2 Å². The summed E-state index contributed by atoms with van der Waals surface area (Å²) >= 11 is 0. The summed E-state index contributed by atoms with van der Waals surface area (Å²) in [4.78, 5) is 16.0. The second-order valence-electron chi connectivity index (χ2n) is 7.06. The maximum atomic E-state index is 13.9. The number of para-hydroxylation sites is 1. The molecule has 0 unspecified atom stereocenters. The zero-order valence-corrected chi connectivity index (χ0v) is 20.4. The third-order valence-corrected chi connectivity index (χ3v) is 4.95. The summed E-state index contributed by atoms with van der Waals surface area (Å²) in [5.41, 5.74) is 6.23. The second kappa shape index (κ2) is 17.1. The van der Waals surface area contributed by atoms with Crippen LogP contribution in [0.5, 0.6) is 5.75 Å². The Morgan fingerprint density at radius 2 is 1.76 bits per heavy atom. The molecule has 1 aliphatic heterocycles. The Balaban J connectivity index is 0.000000991. The summed E-state index contributed by atoms with van der Waals surface area (Å²) in [6, 6.07) is 13.0. The highest BCUT2D eigenvalue weighted by Crippen LogP contribution is 2.36. The fourth-order valence-electron chi connectivity index (χ4n) is 3.18. The van der Waals surface area contributed by atoms with E-state index in [0.29, 0.717) is 6.61 Å². The molecule has 0 saturated heterocycles. The molecule has 0 fully saturated rings. The number of allylic oxidation sites excluding steroid dienone is 4. The van der Waals surface area contributed by atoms with Gasteiger partial charge in [-0.1, -0.05) is 42.8 Å². The quantitative estimate of drug-likeness (QED) is 0.502. The average molecular weight is 454 g/mol. The molecule has 0 spiro atoms. The lowest BCUT2D eigenvalue weighted by Crippen LogP contribution is -2.06. The molecule has 1 N–H and O–H groups in total. The standard InChI is InChI=1S/C21H22FNO.C5H10.2CH2O/c1-14-8-9-24-21-7-5-4-6-19(21)20(15(14)2)12-16-10-17(22)13-18(11-16)23-3;1-3-5-4-2;2*1-2/h4-7,10-13,23H,8-9H2,1-3H3;3,5H,4H2,1-2H3;2*1H2/b15-14-,20-12+;5-3-;;. The van der Waals surface area contributed by atoms with Crippen LogP contribution in [0.3, 0.4) is 0 Å². The van der Waals surface area contributed by atoms with Crippen molar-refractivity contribution in [2.75, 3.05) is 19.0 Å². The van der Waals surface area contributed by atoms with E-state index in [1.165, 1.54) is 17.2 Å². The Morgan fingerprint density at radius 3 is 2.33 bits per heavy atom.